The third kappa shape index (κ3) is 1.54. The first-order chi connectivity index (χ1) is 6.44. The molecular weight excluding hydrogens is 178 g/mol. The molecular formula is C11H19NO2. The Morgan fingerprint density at radius 1 is 1.36 bits per heavy atom. The predicted octanol–water partition coefficient (Wildman–Crippen LogP) is 1.58. The van der Waals surface area contributed by atoms with Gasteiger partial charge in [-0.05, 0) is 18.3 Å². The van der Waals surface area contributed by atoms with E-state index < -0.39 is 11.4 Å². The molecule has 1 aliphatic heterocycles. The van der Waals surface area contributed by atoms with E-state index in [0.717, 1.165) is 38.9 Å². The van der Waals surface area contributed by atoms with Crippen LogP contribution in [0.15, 0.2) is 0 Å². The second-order valence-electron chi connectivity index (χ2n) is 5.75. The average Bonchev–Trinajstić information content (AvgIpc) is 1.91. The summed E-state index contributed by atoms with van der Waals surface area (Å²) in [7, 11) is 0. The van der Waals surface area contributed by atoms with Gasteiger partial charge in [0.1, 0.15) is 0 Å². The lowest BCUT2D eigenvalue weighted by atomic mass is 9.67. The zero-order chi connectivity index (χ0) is 10.4. The molecule has 0 atom stereocenters. The number of carboxylic acid groups (broad SMARTS) is 1. The molecule has 0 bridgehead atoms. The van der Waals surface area contributed by atoms with Gasteiger partial charge < -0.3 is 10.0 Å². The Morgan fingerprint density at radius 3 is 2.21 bits per heavy atom. The van der Waals surface area contributed by atoms with Gasteiger partial charge in [0.15, 0.2) is 0 Å². The Morgan fingerprint density at radius 2 is 1.93 bits per heavy atom. The fourth-order valence-corrected chi connectivity index (χ4v) is 2.75. The van der Waals surface area contributed by atoms with Gasteiger partial charge in [-0.2, -0.15) is 0 Å². The van der Waals surface area contributed by atoms with Crippen LogP contribution in [0.25, 0.3) is 0 Å². The summed E-state index contributed by atoms with van der Waals surface area (Å²) in [5.41, 5.74) is 0.0138. The number of nitrogens with zero attached hydrogens (tertiary/aromatic N) is 1. The minimum absolute atomic E-state index is 0.392. The largest absolute Gasteiger partial charge is 0.481 e. The minimum atomic E-state index is -0.589. The first-order valence-electron chi connectivity index (χ1n) is 5.39. The molecule has 0 unspecified atom stereocenters. The molecule has 0 aromatic heterocycles. The van der Waals surface area contributed by atoms with Crippen molar-refractivity contribution in [2.45, 2.75) is 33.1 Å². The van der Waals surface area contributed by atoms with Crippen LogP contribution in [0.3, 0.4) is 0 Å². The molecule has 2 aliphatic rings. The van der Waals surface area contributed by atoms with E-state index in [1.807, 2.05) is 0 Å². The lowest BCUT2D eigenvalue weighted by Crippen LogP contribution is -2.58. The van der Waals surface area contributed by atoms with Crippen LogP contribution in [0.2, 0.25) is 0 Å². The molecule has 0 aromatic rings. The van der Waals surface area contributed by atoms with Crippen LogP contribution in [0.5, 0.6) is 0 Å². The van der Waals surface area contributed by atoms with Crippen molar-refractivity contribution in [2.24, 2.45) is 10.8 Å². The third-order valence-corrected chi connectivity index (χ3v) is 3.59. The Bertz CT molecular complexity index is 248. The topological polar surface area (TPSA) is 40.5 Å². The van der Waals surface area contributed by atoms with E-state index in [1.165, 1.54) is 0 Å². The zero-order valence-electron chi connectivity index (χ0n) is 9.05. The van der Waals surface area contributed by atoms with E-state index in [2.05, 4.69) is 18.7 Å². The van der Waals surface area contributed by atoms with Gasteiger partial charge in [-0.3, -0.25) is 4.79 Å². The summed E-state index contributed by atoms with van der Waals surface area (Å²) in [5.74, 6) is -0.589. The number of likely N-dealkylation sites (tertiary alicyclic amines) is 1. The van der Waals surface area contributed by atoms with E-state index in [1.54, 1.807) is 0 Å². The van der Waals surface area contributed by atoms with Crippen molar-refractivity contribution in [1.82, 2.24) is 4.90 Å². The van der Waals surface area contributed by atoms with Crippen molar-refractivity contribution in [1.29, 1.82) is 0 Å². The van der Waals surface area contributed by atoms with Gasteiger partial charge in [0.2, 0.25) is 0 Å². The van der Waals surface area contributed by atoms with Gasteiger partial charge in [0.25, 0.3) is 0 Å². The highest BCUT2D eigenvalue weighted by molar-refractivity contribution is 5.76. The second-order valence-corrected chi connectivity index (χ2v) is 5.75. The van der Waals surface area contributed by atoms with Crippen LogP contribution in [0.1, 0.15) is 33.1 Å². The molecule has 0 amide bonds. The lowest BCUT2D eigenvalue weighted by molar-refractivity contribution is -0.159. The summed E-state index contributed by atoms with van der Waals surface area (Å²) < 4.78 is 0. The number of carbonyl (C=O) groups is 1. The predicted molar refractivity (Wildman–Crippen MR) is 54.1 cm³/mol. The summed E-state index contributed by atoms with van der Waals surface area (Å²) in [4.78, 5) is 13.4. The molecule has 3 heteroatoms. The summed E-state index contributed by atoms with van der Waals surface area (Å²) in [6, 6.07) is 0. The molecule has 0 radical (unpaired) electrons. The smallest absolute Gasteiger partial charge is 0.310 e. The summed E-state index contributed by atoms with van der Waals surface area (Å²) in [6.45, 7) is 7.35. The maximum absolute atomic E-state index is 11.1. The number of aliphatic carboxylic acids is 1. The van der Waals surface area contributed by atoms with Gasteiger partial charge in [0.05, 0.1) is 5.41 Å². The molecule has 2 rings (SSSR count). The van der Waals surface area contributed by atoms with Crippen molar-refractivity contribution < 1.29 is 9.90 Å². The molecule has 80 valence electrons. The van der Waals surface area contributed by atoms with Crippen molar-refractivity contribution in [3.8, 4) is 0 Å². The number of carboxylic acids is 1. The summed E-state index contributed by atoms with van der Waals surface area (Å²) in [6.07, 6.45) is 2.84. The molecule has 2 fully saturated rings. The first-order valence-corrected chi connectivity index (χ1v) is 5.39. The highest BCUT2D eigenvalue weighted by Crippen LogP contribution is 2.44. The maximum Gasteiger partial charge on any atom is 0.310 e. The van der Waals surface area contributed by atoms with E-state index in [9.17, 15) is 4.79 Å². The van der Waals surface area contributed by atoms with Gasteiger partial charge in [-0.1, -0.05) is 20.3 Å². The first kappa shape index (κ1) is 9.97. The van der Waals surface area contributed by atoms with Gasteiger partial charge in [-0.15, -0.1) is 0 Å². The van der Waals surface area contributed by atoms with Gasteiger partial charge in [0, 0.05) is 19.6 Å². The third-order valence-electron chi connectivity index (χ3n) is 3.59. The lowest BCUT2D eigenvalue weighted by Gasteiger charge is -2.51. The average molecular weight is 197 g/mol. The van der Waals surface area contributed by atoms with Crippen LogP contribution >= 0.6 is 0 Å². The molecule has 0 spiro atoms. The monoisotopic (exact) mass is 197 g/mol. The van der Waals surface area contributed by atoms with E-state index in [-0.39, 0.29) is 0 Å². The molecule has 14 heavy (non-hydrogen) atoms. The van der Waals surface area contributed by atoms with Crippen molar-refractivity contribution in [2.75, 3.05) is 19.6 Å². The summed E-state index contributed by atoms with van der Waals surface area (Å²) in [5, 5.41) is 9.16. The molecule has 3 nitrogen and oxygen atoms in total. The highest BCUT2D eigenvalue weighted by Gasteiger charge is 2.48. The zero-order valence-corrected chi connectivity index (χ0v) is 9.05. The SMILES string of the molecule is CC1(C)CN(CC2(C(=O)O)CCC2)C1. The van der Waals surface area contributed by atoms with E-state index in [4.69, 9.17) is 5.11 Å². The van der Waals surface area contributed by atoms with E-state index in [0.29, 0.717) is 5.41 Å². The highest BCUT2D eigenvalue weighted by atomic mass is 16.4. The minimum Gasteiger partial charge on any atom is -0.481 e. The number of hydrogen-bond acceptors (Lipinski definition) is 2. The Balaban J connectivity index is 1.88. The van der Waals surface area contributed by atoms with Gasteiger partial charge >= 0.3 is 5.97 Å². The normalized spacial score (nSPS) is 29.0. The standard InChI is InChI=1S/C11H19NO2/c1-10(2)6-12(7-10)8-11(9(13)14)4-3-5-11/h3-8H2,1-2H3,(H,13,14). The van der Waals surface area contributed by atoms with Crippen molar-refractivity contribution >= 4 is 5.97 Å². The van der Waals surface area contributed by atoms with Crippen LogP contribution in [0, 0.1) is 10.8 Å². The number of hydrogen-bond donors (Lipinski definition) is 1. The maximum atomic E-state index is 11.1. The van der Waals surface area contributed by atoms with E-state index >= 15 is 0 Å². The second kappa shape index (κ2) is 2.96. The molecule has 0 aromatic carbocycles. The molecule has 1 saturated carbocycles. The fraction of sp³-hybridized carbons (Fsp3) is 0.909. The van der Waals surface area contributed by atoms with Crippen LogP contribution < -0.4 is 0 Å². The fourth-order valence-electron chi connectivity index (χ4n) is 2.75. The molecule has 1 heterocycles. The van der Waals surface area contributed by atoms with Gasteiger partial charge in [-0.25, -0.2) is 0 Å². The van der Waals surface area contributed by atoms with Crippen LogP contribution in [-0.2, 0) is 4.79 Å². The number of rotatable bonds is 3. The molecule has 1 N–H and O–H groups in total. The Hall–Kier alpha value is -0.570. The quantitative estimate of drug-likeness (QED) is 0.746. The molecule has 1 saturated heterocycles. The van der Waals surface area contributed by atoms with Crippen LogP contribution in [-0.4, -0.2) is 35.6 Å². The Kier molecular flexibility index (Phi) is 2.11. The molecule has 1 aliphatic carbocycles. The van der Waals surface area contributed by atoms with Crippen molar-refractivity contribution in [3.63, 3.8) is 0 Å². The van der Waals surface area contributed by atoms with Crippen molar-refractivity contribution in [3.05, 3.63) is 0 Å². The Labute approximate surface area is 85.1 Å². The summed E-state index contributed by atoms with van der Waals surface area (Å²) >= 11 is 0. The van der Waals surface area contributed by atoms with Crippen LogP contribution in [0.4, 0.5) is 0 Å².